The lowest BCUT2D eigenvalue weighted by atomic mass is 9.95. The number of morpholine rings is 1. The maximum atomic E-state index is 12.7. The average molecular weight is 330 g/mol. The molecule has 3 rings (SSSR count). The van der Waals surface area contributed by atoms with Gasteiger partial charge >= 0.3 is 0 Å². The van der Waals surface area contributed by atoms with Crippen molar-refractivity contribution in [3.8, 4) is 0 Å². The van der Waals surface area contributed by atoms with E-state index < -0.39 is 0 Å². The number of nitrogens with one attached hydrogen (secondary N) is 1. The molecule has 4 heteroatoms. The molecule has 1 aromatic rings. The minimum atomic E-state index is 0.108. The van der Waals surface area contributed by atoms with Gasteiger partial charge in [0.15, 0.2) is 0 Å². The van der Waals surface area contributed by atoms with Crippen LogP contribution in [0, 0.1) is 0 Å². The van der Waals surface area contributed by atoms with Gasteiger partial charge in [-0.25, -0.2) is 0 Å². The first kappa shape index (κ1) is 17.4. The van der Waals surface area contributed by atoms with Crippen LogP contribution in [0.5, 0.6) is 0 Å². The zero-order valence-electron chi connectivity index (χ0n) is 15.0. The highest BCUT2D eigenvalue weighted by Gasteiger charge is 2.26. The molecule has 2 aliphatic rings. The van der Waals surface area contributed by atoms with Crippen molar-refractivity contribution in [2.45, 2.75) is 70.7 Å². The van der Waals surface area contributed by atoms with Crippen LogP contribution in [0.15, 0.2) is 24.3 Å². The molecule has 1 heterocycles. The molecule has 0 radical (unpaired) electrons. The Kier molecular flexibility index (Phi) is 5.90. The Balaban J connectivity index is 1.54. The Morgan fingerprint density at radius 3 is 2.33 bits per heavy atom. The highest BCUT2D eigenvalue weighted by atomic mass is 16.5. The van der Waals surface area contributed by atoms with Crippen molar-refractivity contribution in [1.29, 1.82) is 0 Å². The lowest BCUT2D eigenvalue weighted by Gasteiger charge is -2.35. The number of benzene rings is 1. The van der Waals surface area contributed by atoms with Gasteiger partial charge in [-0.2, -0.15) is 0 Å². The molecule has 24 heavy (non-hydrogen) atoms. The molecule has 1 aliphatic carbocycles. The average Bonchev–Trinajstić information content (AvgIpc) is 2.60. The van der Waals surface area contributed by atoms with E-state index in [-0.39, 0.29) is 18.1 Å². The summed E-state index contributed by atoms with van der Waals surface area (Å²) in [6.45, 7) is 6.29. The normalized spacial score (nSPS) is 25.7. The molecule has 2 atom stereocenters. The Hall–Kier alpha value is -1.39. The third-order valence-corrected chi connectivity index (χ3v) is 5.11. The molecule has 1 amide bonds. The number of hydrogen-bond donors (Lipinski definition) is 1. The molecular formula is C20H30N2O2. The van der Waals surface area contributed by atoms with Crippen LogP contribution in [0.2, 0.25) is 0 Å². The van der Waals surface area contributed by atoms with Gasteiger partial charge in [-0.05, 0) is 44.4 Å². The summed E-state index contributed by atoms with van der Waals surface area (Å²) in [6.07, 6.45) is 6.89. The van der Waals surface area contributed by atoms with Crippen LogP contribution in [0.1, 0.15) is 61.9 Å². The van der Waals surface area contributed by atoms with Gasteiger partial charge < -0.3 is 15.0 Å². The zero-order chi connectivity index (χ0) is 16.9. The van der Waals surface area contributed by atoms with Gasteiger partial charge in [0.1, 0.15) is 0 Å². The van der Waals surface area contributed by atoms with Crippen LogP contribution in [0.25, 0.3) is 0 Å². The lowest BCUT2D eigenvalue weighted by Crippen LogP contribution is -2.48. The number of carbonyl (C=O) groups excluding carboxylic acids is 1. The summed E-state index contributed by atoms with van der Waals surface area (Å²) in [6, 6.07) is 8.75. The zero-order valence-corrected chi connectivity index (χ0v) is 15.0. The molecule has 2 unspecified atom stereocenters. The molecule has 132 valence electrons. The maximum Gasteiger partial charge on any atom is 0.254 e. The third kappa shape index (κ3) is 4.58. The summed E-state index contributed by atoms with van der Waals surface area (Å²) in [5.74, 6) is 0.115. The Labute approximate surface area is 145 Å². The standard InChI is InChI=1S/C20H30N2O2/c1-15-13-22(14-16(2)24-15)20(23)18-10-8-17(9-11-18)12-21-19-6-4-3-5-7-19/h8-11,15-16,19,21H,3-7,12-14H2,1-2H3. The van der Waals surface area contributed by atoms with Crippen molar-refractivity contribution in [3.05, 3.63) is 35.4 Å². The summed E-state index contributed by atoms with van der Waals surface area (Å²) < 4.78 is 5.71. The number of hydrogen-bond acceptors (Lipinski definition) is 3. The highest BCUT2D eigenvalue weighted by molar-refractivity contribution is 5.94. The van der Waals surface area contributed by atoms with Gasteiger partial charge in [-0.3, -0.25) is 4.79 Å². The van der Waals surface area contributed by atoms with Crippen LogP contribution in [-0.2, 0) is 11.3 Å². The van der Waals surface area contributed by atoms with Crippen LogP contribution >= 0.6 is 0 Å². The minimum absolute atomic E-state index is 0.108. The number of nitrogens with zero attached hydrogens (tertiary/aromatic N) is 1. The van der Waals surface area contributed by atoms with Gasteiger partial charge in [0.2, 0.25) is 0 Å². The second kappa shape index (κ2) is 8.13. The van der Waals surface area contributed by atoms with Crippen LogP contribution < -0.4 is 5.32 Å². The van der Waals surface area contributed by atoms with E-state index in [2.05, 4.69) is 17.4 Å². The number of carbonyl (C=O) groups is 1. The van der Waals surface area contributed by atoms with E-state index in [1.807, 2.05) is 30.9 Å². The Morgan fingerprint density at radius 2 is 1.71 bits per heavy atom. The first-order valence-electron chi connectivity index (χ1n) is 9.39. The summed E-state index contributed by atoms with van der Waals surface area (Å²) in [4.78, 5) is 14.6. The second-order valence-electron chi connectivity index (χ2n) is 7.38. The van der Waals surface area contributed by atoms with Crippen LogP contribution in [-0.4, -0.2) is 42.1 Å². The fourth-order valence-corrected chi connectivity index (χ4v) is 3.86. The fraction of sp³-hybridized carbons (Fsp3) is 0.650. The third-order valence-electron chi connectivity index (χ3n) is 5.11. The monoisotopic (exact) mass is 330 g/mol. The summed E-state index contributed by atoms with van der Waals surface area (Å²) in [7, 11) is 0. The maximum absolute atomic E-state index is 12.7. The van der Waals surface area contributed by atoms with Crippen molar-refractivity contribution in [2.24, 2.45) is 0 Å². The molecule has 0 aromatic heterocycles. The van der Waals surface area contributed by atoms with Crippen molar-refractivity contribution in [1.82, 2.24) is 10.2 Å². The SMILES string of the molecule is CC1CN(C(=O)c2ccc(CNC3CCCCC3)cc2)CC(C)O1. The summed E-state index contributed by atoms with van der Waals surface area (Å²) in [5, 5.41) is 3.65. The van der Waals surface area contributed by atoms with E-state index >= 15 is 0 Å². The first-order valence-corrected chi connectivity index (χ1v) is 9.39. The van der Waals surface area contributed by atoms with E-state index in [9.17, 15) is 4.79 Å². The van der Waals surface area contributed by atoms with E-state index in [0.717, 1.165) is 12.1 Å². The molecule has 1 aromatic carbocycles. The molecule has 0 spiro atoms. The number of ether oxygens (including phenoxy) is 1. The second-order valence-corrected chi connectivity index (χ2v) is 7.38. The Bertz CT molecular complexity index is 527. The largest absolute Gasteiger partial charge is 0.372 e. The van der Waals surface area contributed by atoms with Gasteiger partial charge in [0, 0.05) is 31.2 Å². The lowest BCUT2D eigenvalue weighted by molar-refractivity contribution is -0.0586. The quantitative estimate of drug-likeness (QED) is 0.920. The van der Waals surface area contributed by atoms with Crippen molar-refractivity contribution < 1.29 is 9.53 Å². The topological polar surface area (TPSA) is 41.6 Å². The highest BCUT2D eigenvalue weighted by Crippen LogP contribution is 2.18. The van der Waals surface area contributed by atoms with Crippen molar-refractivity contribution in [3.63, 3.8) is 0 Å². The fourth-order valence-electron chi connectivity index (χ4n) is 3.86. The van der Waals surface area contributed by atoms with Crippen molar-refractivity contribution >= 4 is 5.91 Å². The summed E-state index contributed by atoms with van der Waals surface area (Å²) in [5.41, 5.74) is 2.03. The summed E-state index contributed by atoms with van der Waals surface area (Å²) >= 11 is 0. The predicted molar refractivity (Wildman–Crippen MR) is 96.1 cm³/mol. The molecule has 1 saturated carbocycles. The first-order chi connectivity index (χ1) is 11.6. The molecule has 4 nitrogen and oxygen atoms in total. The van der Waals surface area contributed by atoms with E-state index in [4.69, 9.17) is 4.74 Å². The molecular weight excluding hydrogens is 300 g/mol. The van der Waals surface area contributed by atoms with E-state index in [1.54, 1.807) is 0 Å². The molecule has 1 aliphatic heterocycles. The van der Waals surface area contributed by atoms with E-state index in [1.165, 1.54) is 37.7 Å². The number of amides is 1. The van der Waals surface area contributed by atoms with Crippen molar-refractivity contribution in [2.75, 3.05) is 13.1 Å². The van der Waals surface area contributed by atoms with Gasteiger partial charge in [0.05, 0.1) is 12.2 Å². The van der Waals surface area contributed by atoms with Gasteiger partial charge in [0.25, 0.3) is 5.91 Å². The molecule has 1 saturated heterocycles. The molecule has 2 fully saturated rings. The Morgan fingerprint density at radius 1 is 1.08 bits per heavy atom. The minimum Gasteiger partial charge on any atom is -0.372 e. The van der Waals surface area contributed by atoms with Gasteiger partial charge in [-0.1, -0.05) is 31.4 Å². The van der Waals surface area contributed by atoms with Crippen LogP contribution in [0.4, 0.5) is 0 Å². The molecule has 0 bridgehead atoms. The van der Waals surface area contributed by atoms with Crippen LogP contribution in [0.3, 0.4) is 0 Å². The predicted octanol–water partition coefficient (Wildman–Crippen LogP) is 3.36. The number of rotatable bonds is 4. The van der Waals surface area contributed by atoms with E-state index in [0.29, 0.717) is 19.1 Å². The smallest absolute Gasteiger partial charge is 0.254 e. The molecule has 1 N–H and O–H groups in total. The van der Waals surface area contributed by atoms with Gasteiger partial charge in [-0.15, -0.1) is 0 Å².